The third-order valence-electron chi connectivity index (χ3n) is 4.43. The first-order valence-electron chi connectivity index (χ1n) is 9.73. The van der Waals surface area contributed by atoms with Crippen LogP contribution in [0.15, 0.2) is 71.9 Å². The van der Waals surface area contributed by atoms with Crippen LogP contribution in [0.5, 0.6) is 5.75 Å². The number of rotatable bonds is 8. The predicted molar refractivity (Wildman–Crippen MR) is 128 cm³/mol. The van der Waals surface area contributed by atoms with Gasteiger partial charge in [0.2, 0.25) is 5.91 Å². The van der Waals surface area contributed by atoms with Crippen LogP contribution < -0.4 is 9.64 Å². The van der Waals surface area contributed by atoms with E-state index in [1.165, 1.54) is 23.1 Å². The maximum absolute atomic E-state index is 13.2. The molecule has 0 N–H and O–H groups in total. The summed E-state index contributed by atoms with van der Waals surface area (Å²) in [4.78, 5) is 24.8. The van der Waals surface area contributed by atoms with Crippen LogP contribution in [0.3, 0.4) is 0 Å². The van der Waals surface area contributed by atoms with E-state index in [0.717, 1.165) is 26.4 Å². The topological polar surface area (TPSA) is 55.3 Å². The summed E-state index contributed by atoms with van der Waals surface area (Å²) in [5.41, 5.74) is 1.79. The van der Waals surface area contributed by atoms with Gasteiger partial charge in [-0.2, -0.15) is 0 Å². The van der Waals surface area contributed by atoms with Gasteiger partial charge in [-0.05, 0) is 61.0 Å². The first-order chi connectivity index (χ1) is 15.1. The second kappa shape index (κ2) is 10.1. The Balaban J connectivity index is 1.59. The highest BCUT2D eigenvalue weighted by atomic mass is 35.5. The monoisotopic (exact) mass is 469 g/mol. The molecule has 0 atom stereocenters. The highest BCUT2D eigenvalue weighted by Gasteiger charge is 2.21. The Morgan fingerprint density at radius 3 is 2.77 bits per heavy atom. The number of pyridine rings is 1. The fourth-order valence-corrected chi connectivity index (χ4v) is 4.87. The molecule has 0 aliphatic rings. The van der Waals surface area contributed by atoms with Crippen molar-refractivity contribution < 1.29 is 9.53 Å². The lowest BCUT2D eigenvalue weighted by Crippen LogP contribution is -2.31. The van der Waals surface area contributed by atoms with Gasteiger partial charge in [-0.25, -0.2) is 4.98 Å². The molecule has 0 spiro atoms. The highest BCUT2D eigenvalue weighted by Crippen LogP contribution is 2.33. The van der Waals surface area contributed by atoms with Crippen LogP contribution in [0.4, 0.5) is 5.13 Å². The second-order valence-electron chi connectivity index (χ2n) is 6.64. The van der Waals surface area contributed by atoms with E-state index in [4.69, 9.17) is 21.3 Å². The Kier molecular flexibility index (Phi) is 7.06. The first kappa shape index (κ1) is 21.6. The fraction of sp³-hybridized carbons (Fsp3) is 0.174. The Hall–Kier alpha value is -2.61. The maximum atomic E-state index is 13.2. The van der Waals surface area contributed by atoms with Crippen LogP contribution in [0.2, 0.25) is 5.02 Å². The summed E-state index contributed by atoms with van der Waals surface area (Å²) in [6, 6.07) is 17.1. The summed E-state index contributed by atoms with van der Waals surface area (Å²) >= 11 is 8.92. The third kappa shape index (κ3) is 5.55. The summed E-state index contributed by atoms with van der Waals surface area (Å²) in [5, 5.41) is 1.34. The number of hydrogen-bond donors (Lipinski definition) is 0. The smallest absolute Gasteiger partial charge is 0.239 e. The lowest BCUT2D eigenvalue weighted by Gasteiger charge is -2.19. The minimum atomic E-state index is -0.0205. The molecule has 5 nitrogen and oxygen atoms in total. The first-order valence-corrected chi connectivity index (χ1v) is 11.9. The van der Waals surface area contributed by atoms with Crippen LogP contribution in [-0.4, -0.2) is 28.2 Å². The molecule has 31 heavy (non-hydrogen) atoms. The molecular formula is C23H20ClN3O2S2. The van der Waals surface area contributed by atoms with Crippen molar-refractivity contribution in [1.29, 1.82) is 0 Å². The molecule has 4 rings (SSSR count). The van der Waals surface area contributed by atoms with Crippen molar-refractivity contribution in [3.63, 3.8) is 0 Å². The molecule has 2 heterocycles. The molecule has 1 amide bonds. The zero-order valence-electron chi connectivity index (χ0n) is 16.8. The van der Waals surface area contributed by atoms with Crippen LogP contribution in [0.1, 0.15) is 12.5 Å². The molecule has 0 saturated carbocycles. The Morgan fingerprint density at radius 2 is 2.03 bits per heavy atom. The Bertz CT molecular complexity index is 1170. The average molecular weight is 470 g/mol. The van der Waals surface area contributed by atoms with Gasteiger partial charge >= 0.3 is 0 Å². The molecule has 2 aromatic heterocycles. The van der Waals surface area contributed by atoms with Gasteiger partial charge in [0.05, 0.1) is 29.1 Å². The average Bonchev–Trinajstić information content (AvgIpc) is 3.21. The van der Waals surface area contributed by atoms with Crippen LogP contribution in [-0.2, 0) is 11.3 Å². The number of benzene rings is 2. The van der Waals surface area contributed by atoms with Gasteiger partial charge in [0.25, 0.3) is 0 Å². The molecular weight excluding hydrogens is 450 g/mol. The summed E-state index contributed by atoms with van der Waals surface area (Å²) in [6.45, 7) is 2.96. The predicted octanol–water partition coefficient (Wildman–Crippen LogP) is 6.07. The Morgan fingerprint density at radius 1 is 1.19 bits per heavy atom. The van der Waals surface area contributed by atoms with E-state index in [0.29, 0.717) is 29.1 Å². The molecule has 0 aliphatic heterocycles. The van der Waals surface area contributed by atoms with Gasteiger partial charge in [0.15, 0.2) is 5.13 Å². The van der Waals surface area contributed by atoms with Crippen molar-refractivity contribution in [2.75, 3.05) is 17.3 Å². The number of carbonyl (C=O) groups excluding carboxylic acids is 1. The van der Waals surface area contributed by atoms with Crippen LogP contribution in [0, 0.1) is 0 Å². The third-order valence-corrected chi connectivity index (χ3v) is 6.72. The molecule has 2 aromatic carbocycles. The lowest BCUT2D eigenvalue weighted by atomic mass is 10.2. The molecule has 8 heteroatoms. The van der Waals surface area contributed by atoms with Gasteiger partial charge in [-0.1, -0.05) is 29.0 Å². The summed E-state index contributed by atoms with van der Waals surface area (Å²) in [5.74, 6) is 1.07. The summed E-state index contributed by atoms with van der Waals surface area (Å²) in [6.07, 6.45) is 3.49. The molecule has 0 radical (unpaired) electrons. The number of anilines is 1. The number of amides is 1. The molecule has 0 aliphatic carbocycles. The van der Waals surface area contributed by atoms with Gasteiger partial charge in [-0.3, -0.25) is 14.7 Å². The largest absolute Gasteiger partial charge is 0.494 e. The number of thiazole rings is 1. The van der Waals surface area contributed by atoms with E-state index in [1.54, 1.807) is 17.3 Å². The van der Waals surface area contributed by atoms with Gasteiger partial charge in [0.1, 0.15) is 5.75 Å². The van der Waals surface area contributed by atoms with E-state index in [2.05, 4.69) is 4.98 Å². The number of aromatic nitrogens is 2. The zero-order valence-corrected chi connectivity index (χ0v) is 19.2. The van der Waals surface area contributed by atoms with Crippen molar-refractivity contribution in [2.24, 2.45) is 0 Å². The van der Waals surface area contributed by atoms with E-state index >= 15 is 0 Å². The quantitative estimate of drug-likeness (QED) is 0.293. The molecule has 0 bridgehead atoms. The number of carbonyl (C=O) groups is 1. The molecule has 158 valence electrons. The van der Waals surface area contributed by atoms with Crippen molar-refractivity contribution in [2.45, 2.75) is 18.4 Å². The minimum Gasteiger partial charge on any atom is -0.494 e. The number of thioether (sulfide) groups is 1. The van der Waals surface area contributed by atoms with Crippen LogP contribution in [0.25, 0.3) is 10.2 Å². The van der Waals surface area contributed by atoms with Crippen LogP contribution >= 0.6 is 34.7 Å². The highest BCUT2D eigenvalue weighted by molar-refractivity contribution is 8.00. The van der Waals surface area contributed by atoms with E-state index in [1.807, 2.05) is 61.5 Å². The lowest BCUT2D eigenvalue weighted by molar-refractivity contribution is -0.116. The molecule has 4 aromatic rings. The number of halogens is 1. The number of ether oxygens (including phenoxy) is 1. The van der Waals surface area contributed by atoms with Crippen molar-refractivity contribution in [3.8, 4) is 5.75 Å². The van der Waals surface area contributed by atoms with E-state index in [9.17, 15) is 4.79 Å². The maximum Gasteiger partial charge on any atom is 0.239 e. The zero-order chi connectivity index (χ0) is 21.6. The van der Waals surface area contributed by atoms with E-state index < -0.39 is 0 Å². The number of hydrogen-bond acceptors (Lipinski definition) is 6. The normalized spacial score (nSPS) is 10.9. The summed E-state index contributed by atoms with van der Waals surface area (Å²) in [7, 11) is 0. The van der Waals surface area contributed by atoms with Crippen molar-refractivity contribution in [3.05, 3.63) is 77.6 Å². The molecule has 0 fully saturated rings. The SMILES string of the molecule is CCOc1ccc2nc(N(Cc3cccnc3)C(=O)CSc3ccc(Cl)cc3)sc2c1. The Labute approximate surface area is 194 Å². The van der Waals surface area contributed by atoms with Crippen molar-refractivity contribution in [1.82, 2.24) is 9.97 Å². The molecule has 0 saturated heterocycles. The van der Waals surface area contributed by atoms with Gasteiger partial charge in [0, 0.05) is 22.3 Å². The summed E-state index contributed by atoms with van der Waals surface area (Å²) < 4.78 is 6.58. The fourth-order valence-electron chi connectivity index (χ4n) is 2.96. The number of fused-ring (bicyclic) bond motifs is 1. The minimum absolute atomic E-state index is 0.0205. The second-order valence-corrected chi connectivity index (χ2v) is 9.14. The van der Waals surface area contributed by atoms with Crippen molar-refractivity contribution >= 4 is 56.0 Å². The van der Waals surface area contributed by atoms with Gasteiger partial charge < -0.3 is 4.74 Å². The number of nitrogens with zero attached hydrogens (tertiary/aromatic N) is 3. The standard InChI is InChI=1S/C23H20ClN3O2S2/c1-2-29-18-7-10-20-21(12-18)31-23(26-20)27(14-16-4-3-11-25-13-16)22(28)15-30-19-8-5-17(24)6-9-19/h3-13H,2,14-15H2,1H3. The van der Waals surface area contributed by atoms with Gasteiger partial charge in [-0.15, -0.1) is 11.8 Å². The van der Waals surface area contributed by atoms with E-state index in [-0.39, 0.29) is 5.91 Å². The molecule has 0 unspecified atom stereocenters.